The summed E-state index contributed by atoms with van der Waals surface area (Å²) in [6.07, 6.45) is 1.90. The third-order valence-electron chi connectivity index (χ3n) is 3.18. The third-order valence-corrected chi connectivity index (χ3v) is 3.18. The first-order valence-electron chi connectivity index (χ1n) is 5.81. The van der Waals surface area contributed by atoms with Crippen molar-refractivity contribution in [3.05, 3.63) is 35.4 Å². The van der Waals surface area contributed by atoms with Crippen LogP contribution in [0, 0.1) is 17.6 Å². The summed E-state index contributed by atoms with van der Waals surface area (Å²) in [5.41, 5.74) is 0.0945. The lowest BCUT2D eigenvalue weighted by Gasteiger charge is -2.30. The fourth-order valence-electron chi connectivity index (χ4n) is 2.07. The van der Waals surface area contributed by atoms with Crippen LogP contribution in [0.3, 0.4) is 0 Å². The number of hydrogen-bond donors (Lipinski definition) is 0. The minimum Gasteiger partial charge on any atom is -0.339 e. The molecule has 92 valence electrons. The Balaban J connectivity index is 2.14. The standard InChI is InChI=1S/C13H15F2NO/c1-9-2-4-16(5-3-9)13(17)10-6-11(14)8-12(15)7-10/h6-9H,2-5H2,1H3. The van der Waals surface area contributed by atoms with Gasteiger partial charge in [-0.3, -0.25) is 4.79 Å². The Morgan fingerprint density at radius 2 is 1.71 bits per heavy atom. The Labute approximate surface area is 99.2 Å². The lowest BCUT2D eigenvalue weighted by atomic mass is 9.98. The smallest absolute Gasteiger partial charge is 0.254 e. The van der Waals surface area contributed by atoms with Crippen LogP contribution < -0.4 is 0 Å². The van der Waals surface area contributed by atoms with Gasteiger partial charge in [0.2, 0.25) is 0 Å². The second-order valence-electron chi connectivity index (χ2n) is 4.63. The molecule has 0 N–H and O–H groups in total. The molecule has 0 saturated carbocycles. The minimum absolute atomic E-state index is 0.0945. The average Bonchev–Trinajstić information content (AvgIpc) is 2.28. The van der Waals surface area contributed by atoms with E-state index in [1.165, 1.54) is 0 Å². The largest absolute Gasteiger partial charge is 0.339 e. The van der Waals surface area contributed by atoms with Crippen molar-refractivity contribution >= 4 is 5.91 Å². The first kappa shape index (κ1) is 12.0. The maximum atomic E-state index is 13.0. The molecule has 1 aromatic rings. The fourth-order valence-corrected chi connectivity index (χ4v) is 2.07. The van der Waals surface area contributed by atoms with Crippen molar-refractivity contribution in [3.8, 4) is 0 Å². The molecule has 0 radical (unpaired) electrons. The van der Waals surface area contributed by atoms with Crippen LogP contribution in [0.2, 0.25) is 0 Å². The quantitative estimate of drug-likeness (QED) is 0.738. The molecule has 4 heteroatoms. The van der Waals surface area contributed by atoms with Crippen LogP contribution in [0.5, 0.6) is 0 Å². The zero-order valence-electron chi connectivity index (χ0n) is 9.75. The number of carbonyl (C=O) groups is 1. The molecule has 1 heterocycles. The lowest BCUT2D eigenvalue weighted by molar-refractivity contribution is 0.0696. The van der Waals surface area contributed by atoms with Crippen molar-refractivity contribution in [1.82, 2.24) is 4.90 Å². The summed E-state index contributed by atoms with van der Waals surface area (Å²) in [5, 5.41) is 0. The monoisotopic (exact) mass is 239 g/mol. The van der Waals surface area contributed by atoms with Crippen LogP contribution in [0.25, 0.3) is 0 Å². The van der Waals surface area contributed by atoms with Gasteiger partial charge >= 0.3 is 0 Å². The number of carbonyl (C=O) groups excluding carboxylic acids is 1. The highest BCUT2D eigenvalue weighted by atomic mass is 19.1. The van der Waals surface area contributed by atoms with Gasteiger partial charge in [-0.15, -0.1) is 0 Å². The average molecular weight is 239 g/mol. The molecule has 17 heavy (non-hydrogen) atoms. The Hall–Kier alpha value is -1.45. The first-order chi connectivity index (χ1) is 8.06. The van der Waals surface area contributed by atoms with Gasteiger partial charge in [0.1, 0.15) is 11.6 Å². The van der Waals surface area contributed by atoms with Gasteiger partial charge in [0, 0.05) is 24.7 Å². The van der Waals surface area contributed by atoms with E-state index in [9.17, 15) is 13.6 Å². The Kier molecular flexibility index (Phi) is 3.41. The molecule has 1 saturated heterocycles. The maximum Gasteiger partial charge on any atom is 0.254 e. The van der Waals surface area contributed by atoms with Crippen molar-refractivity contribution < 1.29 is 13.6 Å². The summed E-state index contributed by atoms with van der Waals surface area (Å²) in [6.45, 7) is 3.47. The van der Waals surface area contributed by atoms with Gasteiger partial charge in [0.25, 0.3) is 5.91 Å². The fraction of sp³-hybridized carbons (Fsp3) is 0.462. The number of halogens is 2. The first-order valence-corrected chi connectivity index (χ1v) is 5.81. The number of amides is 1. The van der Waals surface area contributed by atoms with Gasteiger partial charge in [-0.1, -0.05) is 6.92 Å². The molecule has 2 nitrogen and oxygen atoms in total. The number of piperidine rings is 1. The van der Waals surface area contributed by atoms with E-state index in [0.717, 1.165) is 31.0 Å². The maximum absolute atomic E-state index is 13.0. The van der Waals surface area contributed by atoms with Crippen molar-refractivity contribution in [2.75, 3.05) is 13.1 Å². The van der Waals surface area contributed by atoms with Gasteiger partial charge in [0.15, 0.2) is 0 Å². The Morgan fingerprint density at radius 1 is 1.18 bits per heavy atom. The van der Waals surface area contributed by atoms with Crippen molar-refractivity contribution in [1.29, 1.82) is 0 Å². The van der Waals surface area contributed by atoms with Crippen LogP contribution in [0.15, 0.2) is 18.2 Å². The molecule has 0 bridgehead atoms. The van der Waals surface area contributed by atoms with Crippen LogP contribution in [0.1, 0.15) is 30.1 Å². The van der Waals surface area contributed by atoms with Crippen LogP contribution >= 0.6 is 0 Å². The van der Waals surface area contributed by atoms with Gasteiger partial charge in [0.05, 0.1) is 0 Å². The zero-order valence-corrected chi connectivity index (χ0v) is 9.75. The lowest BCUT2D eigenvalue weighted by Crippen LogP contribution is -2.37. The van der Waals surface area contributed by atoms with Crippen molar-refractivity contribution in [2.24, 2.45) is 5.92 Å². The Morgan fingerprint density at radius 3 is 2.24 bits per heavy atom. The van der Waals surface area contributed by atoms with Crippen LogP contribution in [-0.2, 0) is 0 Å². The normalized spacial score (nSPS) is 17.2. The van der Waals surface area contributed by atoms with Crippen LogP contribution in [-0.4, -0.2) is 23.9 Å². The van der Waals surface area contributed by atoms with E-state index < -0.39 is 11.6 Å². The second kappa shape index (κ2) is 4.82. The molecule has 1 aromatic carbocycles. The second-order valence-corrected chi connectivity index (χ2v) is 4.63. The molecule has 1 amide bonds. The van der Waals surface area contributed by atoms with E-state index >= 15 is 0 Å². The molecular formula is C13H15F2NO. The van der Waals surface area contributed by atoms with Crippen molar-refractivity contribution in [3.63, 3.8) is 0 Å². The highest BCUT2D eigenvalue weighted by Gasteiger charge is 2.22. The van der Waals surface area contributed by atoms with E-state index in [0.29, 0.717) is 19.0 Å². The third kappa shape index (κ3) is 2.81. The highest BCUT2D eigenvalue weighted by Crippen LogP contribution is 2.19. The molecule has 1 aliphatic rings. The topological polar surface area (TPSA) is 20.3 Å². The van der Waals surface area contributed by atoms with E-state index in [-0.39, 0.29) is 11.5 Å². The molecule has 0 aromatic heterocycles. The minimum atomic E-state index is -0.710. The number of likely N-dealkylation sites (tertiary alicyclic amines) is 1. The SMILES string of the molecule is CC1CCN(C(=O)c2cc(F)cc(F)c2)CC1. The summed E-state index contributed by atoms with van der Waals surface area (Å²) in [5.74, 6) is -1.09. The molecule has 0 spiro atoms. The number of benzene rings is 1. The Bertz CT molecular complexity index is 405. The predicted molar refractivity (Wildman–Crippen MR) is 60.7 cm³/mol. The summed E-state index contributed by atoms with van der Waals surface area (Å²) in [6, 6.07) is 2.95. The van der Waals surface area contributed by atoms with Gasteiger partial charge in [-0.2, -0.15) is 0 Å². The number of hydrogen-bond acceptors (Lipinski definition) is 1. The molecule has 1 fully saturated rings. The molecular weight excluding hydrogens is 224 g/mol. The predicted octanol–water partition coefficient (Wildman–Crippen LogP) is 2.84. The van der Waals surface area contributed by atoms with E-state index in [1.54, 1.807) is 4.90 Å². The van der Waals surface area contributed by atoms with Gasteiger partial charge < -0.3 is 4.90 Å². The van der Waals surface area contributed by atoms with Crippen LogP contribution in [0.4, 0.5) is 8.78 Å². The van der Waals surface area contributed by atoms with Gasteiger partial charge in [-0.25, -0.2) is 8.78 Å². The summed E-state index contributed by atoms with van der Waals surface area (Å²) < 4.78 is 26.0. The summed E-state index contributed by atoms with van der Waals surface area (Å²) in [7, 11) is 0. The molecule has 2 rings (SSSR count). The van der Waals surface area contributed by atoms with E-state index in [1.807, 2.05) is 0 Å². The molecule has 1 aliphatic heterocycles. The highest BCUT2D eigenvalue weighted by molar-refractivity contribution is 5.94. The van der Waals surface area contributed by atoms with Crippen molar-refractivity contribution in [2.45, 2.75) is 19.8 Å². The summed E-state index contributed by atoms with van der Waals surface area (Å²) >= 11 is 0. The molecule has 0 aliphatic carbocycles. The van der Waals surface area contributed by atoms with E-state index in [2.05, 4.69) is 6.92 Å². The van der Waals surface area contributed by atoms with E-state index in [4.69, 9.17) is 0 Å². The van der Waals surface area contributed by atoms with Gasteiger partial charge in [-0.05, 0) is 30.9 Å². The summed E-state index contributed by atoms with van der Waals surface area (Å²) in [4.78, 5) is 13.7. The zero-order chi connectivity index (χ0) is 12.4. The molecule has 0 atom stereocenters. The number of rotatable bonds is 1. The molecule has 0 unspecified atom stereocenters. The number of nitrogens with zero attached hydrogens (tertiary/aromatic N) is 1.